The number of hydrogen-bond acceptors (Lipinski definition) is 2. The van der Waals surface area contributed by atoms with Crippen LogP contribution in [-0.4, -0.2) is 25.0 Å². The Labute approximate surface area is 85.6 Å². The van der Waals surface area contributed by atoms with Gasteiger partial charge in [-0.2, -0.15) is 0 Å². The lowest BCUT2D eigenvalue weighted by atomic mass is 10.1. The monoisotopic (exact) mass is 196 g/mol. The van der Waals surface area contributed by atoms with Crippen molar-refractivity contribution in [2.24, 2.45) is 5.41 Å². The summed E-state index contributed by atoms with van der Waals surface area (Å²) in [5, 5.41) is 6.34. The molecule has 2 N–H and O–H groups in total. The van der Waals surface area contributed by atoms with E-state index in [1.165, 1.54) is 25.7 Å². The van der Waals surface area contributed by atoms with E-state index in [1.54, 1.807) is 0 Å². The number of carbonyl (C=O) groups excluding carboxylic acids is 1. The molecule has 2 saturated carbocycles. The second kappa shape index (κ2) is 3.89. The van der Waals surface area contributed by atoms with Crippen LogP contribution < -0.4 is 10.6 Å². The van der Waals surface area contributed by atoms with Gasteiger partial charge in [0.15, 0.2) is 0 Å². The van der Waals surface area contributed by atoms with E-state index in [2.05, 4.69) is 17.6 Å². The Balaban J connectivity index is 1.49. The minimum absolute atomic E-state index is 0.200. The first kappa shape index (κ1) is 9.97. The van der Waals surface area contributed by atoms with E-state index in [0.29, 0.717) is 17.9 Å². The Morgan fingerprint density at radius 1 is 1.43 bits per heavy atom. The van der Waals surface area contributed by atoms with Crippen LogP contribution in [0.2, 0.25) is 0 Å². The Morgan fingerprint density at radius 2 is 2.14 bits per heavy atom. The second-order valence-electron chi connectivity index (χ2n) is 5.07. The summed E-state index contributed by atoms with van der Waals surface area (Å²) in [5.74, 6) is 0.200. The van der Waals surface area contributed by atoms with Gasteiger partial charge in [-0.05, 0) is 31.1 Å². The molecule has 1 amide bonds. The van der Waals surface area contributed by atoms with Gasteiger partial charge in [-0.3, -0.25) is 4.79 Å². The van der Waals surface area contributed by atoms with Crippen molar-refractivity contribution >= 4 is 5.91 Å². The third kappa shape index (κ3) is 3.29. The predicted molar refractivity (Wildman–Crippen MR) is 56.0 cm³/mol. The van der Waals surface area contributed by atoms with E-state index in [4.69, 9.17) is 0 Å². The minimum Gasteiger partial charge on any atom is -0.356 e. The summed E-state index contributed by atoms with van der Waals surface area (Å²) in [6.45, 7) is 3.94. The average Bonchev–Trinajstić information content (AvgIpc) is 3.01. The lowest BCUT2D eigenvalue weighted by Gasteiger charge is -2.10. The van der Waals surface area contributed by atoms with Crippen LogP contribution in [0.15, 0.2) is 0 Å². The van der Waals surface area contributed by atoms with E-state index >= 15 is 0 Å². The fraction of sp³-hybridized carbons (Fsp3) is 0.909. The molecule has 14 heavy (non-hydrogen) atoms. The highest BCUT2D eigenvalue weighted by Gasteiger charge is 2.37. The van der Waals surface area contributed by atoms with Crippen LogP contribution in [-0.2, 0) is 4.79 Å². The summed E-state index contributed by atoms with van der Waals surface area (Å²) in [4.78, 5) is 11.4. The first-order valence-corrected chi connectivity index (χ1v) is 5.68. The third-order valence-electron chi connectivity index (χ3n) is 3.18. The van der Waals surface area contributed by atoms with Gasteiger partial charge in [-0.1, -0.05) is 6.92 Å². The summed E-state index contributed by atoms with van der Waals surface area (Å²) in [6, 6.07) is 0.712. The van der Waals surface area contributed by atoms with E-state index in [1.807, 2.05) is 0 Å². The Bertz CT molecular complexity index is 219. The van der Waals surface area contributed by atoms with E-state index in [0.717, 1.165) is 13.1 Å². The van der Waals surface area contributed by atoms with Crippen molar-refractivity contribution in [3.63, 3.8) is 0 Å². The van der Waals surface area contributed by atoms with Crippen molar-refractivity contribution in [3.8, 4) is 0 Å². The zero-order chi connectivity index (χ0) is 10.0. The molecule has 80 valence electrons. The zero-order valence-electron chi connectivity index (χ0n) is 8.94. The molecule has 0 aromatic rings. The smallest absolute Gasteiger partial charge is 0.221 e. The van der Waals surface area contributed by atoms with Crippen LogP contribution in [0, 0.1) is 5.41 Å². The summed E-state index contributed by atoms with van der Waals surface area (Å²) >= 11 is 0. The largest absolute Gasteiger partial charge is 0.356 e. The molecule has 0 bridgehead atoms. The summed E-state index contributed by atoms with van der Waals surface area (Å²) in [6.07, 6.45) is 5.76. The molecule has 0 aromatic heterocycles. The summed E-state index contributed by atoms with van der Waals surface area (Å²) in [5.41, 5.74) is 0.430. The molecule has 3 nitrogen and oxygen atoms in total. The lowest BCUT2D eigenvalue weighted by Crippen LogP contribution is -2.31. The first-order chi connectivity index (χ1) is 6.68. The van der Waals surface area contributed by atoms with Crippen molar-refractivity contribution in [3.05, 3.63) is 0 Å². The maximum atomic E-state index is 11.4. The number of carbonyl (C=O) groups is 1. The van der Waals surface area contributed by atoms with Crippen LogP contribution in [0.25, 0.3) is 0 Å². The second-order valence-corrected chi connectivity index (χ2v) is 5.07. The van der Waals surface area contributed by atoms with Gasteiger partial charge in [0.05, 0.1) is 0 Å². The van der Waals surface area contributed by atoms with Crippen molar-refractivity contribution in [1.82, 2.24) is 10.6 Å². The fourth-order valence-corrected chi connectivity index (χ4v) is 1.47. The van der Waals surface area contributed by atoms with Gasteiger partial charge in [0.1, 0.15) is 0 Å². The van der Waals surface area contributed by atoms with Gasteiger partial charge >= 0.3 is 0 Å². The number of hydrogen-bond donors (Lipinski definition) is 2. The molecule has 0 spiro atoms. The average molecular weight is 196 g/mol. The van der Waals surface area contributed by atoms with E-state index in [9.17, 15) is 4.79 Å². The van der Waals surface area contributed by atoms with E-state index < -0.39 is 0 Å². The van der Waals surface area contributed by atoms with Gasteiger partial charge in [-0.15, -0.1) is 0 Å². The van der Waals surface area contributed by atoms with Crippen LogP contribution in [0.4, 0.5) is 0 Å². The quantitative estimate of drug-likeness (QED) is 0.666. The van der Waals surface area contributed by atoms with Crippen LogP contribution in [0.3, 0.4) is 0 Å². The normalized spacial score (nSPS) is 23.2. The van der Waals surface area contributed by atoms with Gasteiger partial charge in [0.25, 0.3) is 0 Å². The highest BCUT2D eigenvalue weighted by Crippen LogP contribution is 2.43. The molecule has 0 aromatic carbocycles. The first-order valence-electron chi connectivity index (χ1n) is 5.68. The maximum absolute atomic E-state index is 11.4. The molecule has 0 unspecified atom stereocenters. The molecule has 2 aliphatic carbocycles. The molecular formula is C11H20N2O. The maximum Gasteiger partial charge on any atom is 0.221 e. The molecule has 2 aliphatic rings. The predicted octanol–water partition coefficient (Wildman–Crippen LogP) is 1.04. The summed E-state index contributed by atoms with van der Waals surface area (Å²) in [7, 11) is 0. The molecule has 2 rings (SSSR count). The Kier molecular flexibility index (Phi) is 2.77. The molecule has 0 atom stereocenters. The zero-order valence-corrected chi connectivity index (χ0v) is 8.94. The molecule has 0 saturated heterocycles. The van der Waals surface area contributed by atoms with Crippen molar-refractivity contribution in [2.45, 2.75) is 45.1 Å². The Morgan fingerprint density at radius 3 is 2.71 bits per heavy atom. The standard InChI is InChI=1S/C11H20N2O/c1-11(5-6-11)8-13-10(14)4-7-12-9-2-3-9/h9,12H,2-8H2,1H3,(H,13,14). The molecule has 0 aliphatic heterocycles. The molecule has 3 heteroatoms. The van der Waals surface area contributed by atoms with Gasteiger partial charge < -0.3 is 10.6 Å². The molecule has 0 radical (unpaired) electrons. The number of rotatable bonds is 6. The van der Waals surface area contributed by atoms with Crippen LogP contribution >= 0.6 is 0 Å². The topological polar surface area (TPSA) is 41.1 Å². The number of amides is 1. The van der Waals surface area contributed by atoms with Crippen molar-refractivity contribution in [2.75, 3.05) is 13.1 Å². The van der Waals surface area contributed by atoms with E-state index in [-0.39, 0.29) is 5.91 Å². The molecular weight excluding hydrogens is 176 g/mol. The fourth-order valence-electron chi connectivity index (χ4n) is 1.47. The van der Waals surface area contributed by atoms with Crippen molar-refractivity contribution in [1.29, 1.82) is 0 Å². The SMILES string of the molecule is CC1(CNC(=O)CCNC2CC2)CC1. The molecule has 2 fully saturated rings. The van der Waals surface area contributed by atoms with Gasteiger partial charge in [-0.25, -0.2) is 0 Å². The van der Waals surface area contributed by atoms with Crippen LogP contribution in [0.5, 0.6) is 0 Å². The van der Waals surface area contributed by atoms with Crippen molar-refractivity contribution < 1.29 is 4.79 Å². The van der Waals surface area contributed by atoms with Gasteiger partial charge in [0, 0.05) is 25.6 Å². The van der Waals surface area contributed by atoms with Gasteiger partial charge in [0.2, 0.25) is 5.91 Å². The van der Waals surface area contributed by atoms with Crippen LogP contribution in [0.1, 0.15) is 39.0 Å². The highest BCUT2D eigenvalue weighted by atomic mass is 16.1. The molecule has 0 heterocycles. The lowest BCUT2D eigenvalue weighted by molar-refractivity contribution is -0.121. The minimum atomic E-state index is 0.200. The Hall–Kier alpha value is -0.570. The summed E-state index contributed by atoms with van der Waals surface area (Å²) < 4.78 is 0. The number of nitrogens with one attached hydrogen (secondary N) is 2. The highest BCUT2D eigenvalue weighted by molar-refractivity contribution is 5.76. The third-order valence-corrected chi connectivity index (χ3v) is 3.18.